The molecule has 2 aliphatic rings. The van der Waals surface area contributed by atoms with Crippen molar-refractivity contribution in [3.63, 3.8) is 0 Å². The van der Waals surface area contributed by atoms with Crippen LogP contribution in [0, 0.1) is 0 Å². The van der Waals surface area contributed by atoms with Gasteiger partial charge in [0.25, 0.3) is 0 Å². The molecule has 1 heterocycles. The van der Waals surface area contributed by atoms with Crippen LogP contribution < -0.4 is 15.6 Å². The molecule has 0 amide bonds. The van der Waals surface area contributed by atoms with Crippen molar-refractivity contribution in [3.05, 3.63) is 75.9 Å². The van der Waals surface area contributed by atoms with Gasteiger partial charge >= 0.3 is 22.4 Å². The third kappa shape index (κ3) is 7.88. The molecule has 1 aliphatic heterocycles. The average Bonchev–Trinajstić information content (AvgIpc) is 2.92. The molecule has 0 spiro atoms. The summed E-state index contributed by atoms with van der Waals surface area (Å²) >= 11 is 4.97. The fourth-order valence-corrected chi connectivity index (χ4v) is 5.22. The first-order chi connectivity index (χ1) is 18.9. The molecular formula is C32H31AuO6S-2. The van der Waals surface area contributed by atoms with Gasteiger partial charge in [0.2, 0.25) is 0 Å². The fraction of sp³-hybridized carbons (Fsp3) is 0.344. The first kappa shape index (κ1) is 31.7. The van der Waals surface area contributed by atoms with Crippen molar-refractivity contribution in [1.29, 1.82) is 0 Å². The van der Waals surface area contributed by atoms with Crippen molar-refractivity contribution in [3.8, 4) is 28.2 Å². The van der Waals surface area contributed by atoms with Gasteiger partial charge in [0.05, 0.1) is 5.97 Å². The third-order valence-corrected chi connectivity index (χ3v) is 7.33. The number of carboxylic acid groups (broad SMARTS) is 1. The number of unbranched alkanes of at least 4 members (excludes halogenated alkanes) is 8. The van der Waals surface area contributed by atoms with Crippen molar-refractivity contribution < 1.29 is 46.6 Å². The molecule has 0 saturated carbocycles. The minimum atomic E-state index is -1.39. The van der Waals surface area contributed by atoms with Gasteiger partial charge in [-0.25, -0.2) is 0 Å². The normalized spacial score (nSPS) is 11.0. The summed E-state index contributed by atoms with van der Waals surface area (Å²) in [5.74, 6) is -0.688. The Hall–Kier alpha value is -2.84. The van der Waals surface area contributed by atoms with Gasteiger partial charge in [-0.15, -0.1) is 5.75 Å². The largest absolute Gasteiger partial charge is 1.00 e. The molecule has 0 N–H and O–H groups in total. The molecule has 0 unspecified atom stereocenters. The van der Waals surface area contributed by atoms with Crippen molar-refractivity contribution >= 4 is 35.4 Å². The summed E-state index contributed by atoms with van der Waals surface area (Å²) in [4.78, 5) is 37.2. The summed E-state index contributed by atoms with van der Waals surface area (Å²) in [5.41, 5.74) is 1.48. The molecular weight excluding hydrogens is 709 g/mol. The van der Waals surface area contributed by atoms with Crippen LogP contribution in [0.5, 0.6) is 5.75 Å². The molecule has 1 aliphatic carbocycles. The summed E-state index contributed by atoms with van der Waals surface area (Å²) < 4.78 is 5.83. The van der Waals surface area contributed by atoms with Crippen LogP contribution in [0.4, 0.5) is 0 Å². The molecule has 0 fully saturated rings. The van der Waals surface area contributed by atoms with Crippen LogP contribution in [0.25, 0.3) is 33.4 Å². The number of carbonyl (C=O) groups is 2. The minimum Gasteiger partial charge on any atom is -0.872 e. The molecule has 0 radical (unpaired) electrons. The number of aromatic carboxylic acids is 1. The monoisotopic (exact) mass is 740 g/mol. The Bertz CT molecular complexity index is 1490. The molecule has 2 aromatic rings. The number of carboxylic acids is 1. The molecule has 0 bridgehead atoms. The zero-order chi connectivity index (χ0) is 27.8. The summed E-state index contributed by atoms with van der Waals surface area (Å²) in [6.07, 6.45) is 10.3. The number of hydrogen-bond donors (Lipinski definition) is 0. The Labute approximate surface area is 255 Å². The molecule has 0 aromatic heterocycles. The predicted octanol–water partition coefficient (Wildman–Crippen LogP) is 5.63. The van der Waals surface area contributed by atoms with Crippen molar-refractivity contribution in [1.82, 2.24) is 0 Å². The van der Waals surface area contributed by atoms with E-state index in [0.717, 1.165) is 37.9 Å². The second-order valence-corrected chi connectivity index (χ2v) is 10.3. The minimum absolute atomic E-state index is 0. The number of fused-ring (bicyclic) bond motifs is 2. The molecule has 6 nitrogen and oxygen atoms in total. The number of Topliss-reactive ketones (excluding diaryl/α,β-unsaturated/α-hetero) is 1. The quantitative estimate of drug-likeness (QED) is 0.0542. The third-order valence-electron chi connectivity index (χ3n) is 7.04. The van der Waals surface area contributed by atoms with E-state index in [1.54, 1.807) is 18.2 Å². The number of carbonyl (C=O) groups excluding carboxylic acids is 2. The Balaban J connectivity index is 0.00000441. The average molecular weight is 741 g/mol. The number of benzene rings is 3. The smallest absolute Gasteiger partial charge is 0.872 e. The SMILES string of the molecule is O=C(CCCCCCCCCCC[S-])c1ccc(C(=O)[O-])c(-c2c3ccc(=O)cc-3oc3cc([O-])ccc23)c1.[Au+]. The summed E-state index contributed by atoms with van der Waals surface area (Å²) in [6.45, 7) is 0. The van der Waals surface area contributed by atoms with Crippen LogP contribution in [-0.4, -0.2) is 17.5 Å². The van der Waals surface area contributed by atoms with E-state index in [1.807, 2.05) is 0 Å². The van der Waals surface area contributed by atoms with E-state index < -0.39 is 5.97 Å². The molecule has 0 atom stereocenters. The van der Waals surface area contributed by atoms with Gasteiger partial charge < -0.3 is 32.1 Å². The van der Waals surface area contributed by atoms with Crippen molar-refractivity contribution in [2.24, 2.45) is 0 Å². The predicted molar refractivity (Wildman–Crippen MR) is 151 cm³/mol. The van der Waals surface area contributed by atoms with Crippen molar-refractivity contribution in [2.75, 3.05) is 5.75 Å². The van der Waals surface area contributed by atoms with E-state index in [4.69, 9.17) is 17.0 Å². The van der Waals surface area contributed by atoms with Gasteiger partial charge in [0.15, 0.2) is 11.2 Å². The van der Waals surface area contributed by atoms with Crippen molar-refractivity contribution in [2.45, 2.75) is 64.2 Å². The maximum absolute atomic E-state index is 13.1. The van der Waals surface area contributed by atoms with E-state index in [-0.39, 0.29) is 61.8 Å². The number of hydrogen-bond acceptors (Lipinski definition) is 7. The fourth-order valence-electron chi connectivity index (χ4n) is 5.01. The van der Waals surface area contributed by atoms with Gasteiger partial charge in [0, 0.05) is 40.1 Å². The van der Waals surface area contributed by atoms with E-state index in [9.17, 15) is 24.6 Å². The van der Waals surface area contributed by atoms with Crippen LogP contribution >= 0.6 is 0 Å². The molecule has 4 rings (SSSR count). The van der Waals surface area contributed by atoms with Crippen LogP contribution in [0.1, 0.15) is 84.9 Å². The van der Waals surface area contributed by atoms with E-state index in [1.165, 1.54) is 62.1 Å². The molecule has 214 valence electrons. The molecule has 40 heavy (non-hydrogen) atoms. The van der Waals surface area contributed by atoms with Gasteiger partial charge in [-0.3, -0.25) is 9.59 Å². The van der Waals surface area contributed by atoms with Gasteiger partial charge in [-0.2, -0.15) is 5.75 Å². The van der Waals surface area contributed by atoms with Gasteiger partial charge in [-0.05, 0) is 36.2 Å². The van der Waals surface area contributed by atoms with Gasteiger partial charge in [0.1, 0.15) is 11.3 Å². The van der Waals surface area contributed by atoms with Gasteiger partial charge in [-0.1, -0.05) is 75.6 Å². The summed E-state index contributed by atoms with van der Waals surface area (Å²) in [6, 6.07) is 12.9. The van der Waals surface area contributed by atoms with E-state index in [2.05, 4.69) is 0 Å². The summed E-state index contributed by atoms with van der Waals surface area (Å²) in [7, 11) is 0. The molecule has 8 heteroatoms. The van der Waals surface area contributed by atoms with E-state index in [0.29, 0.717) is 28.5 Å². The first-order valence-electron chi connectivity index (χ1n) is 13.5. The number of rotatable bonds is 14. The molecule has 2 aromatic carbocycles. The zero-order valence-electron chi connectivity index (χ0n) is 22.1. The first-order valence-corrected chi connectivity index (χ1v) is 14.1. The van der Waals surface area contributed by atoms with Crippen LogP contribution in [0.3, 0.4) is 0 Å². The van der Waals surface area contributed by atoms with E-state index >= 15 is 0 Å². The Morgan fingerprint density at radius 1 is 0.775 bits per heavy atom. The second-order valence-electron chi connectivity index (χ2n) is 9.90. The van der Waals surface area contributed by atoms with Crippen LogP contribution in [0.15, 0.2) is 63.8 Å². The molecule has 0 saturated heterocycles. The Morgan fingerprint density at radius 3 is 2.12 bits per heavy atom. The standard InChI is InChI=1S/C32H34O6S.Au/c33-22-12-15-25-29(19-22)38-30-20-23(34)13-16-26(30)31(25)27-18-21(11-14-24(27)32(36)37)28(35)10-8-6-4-2-1-3-5-7-9-17-39;/h11-16,18-20,33,39H,1-10,17H2,(H,36,37);/q;+1/p-3. The maximum atomic E-state index is 13.1. The maximum Gasteiger partial charge on any atom is 1.00 e. The Morgan fingerprint density at radius 2 is 1.45 bits per heavy atom. The zero-order valence-corrected chi connectivity index (χ0v) is 25.1. The second kappa shape index (κ2) is 15.2. The summed E-state index contributed by atoms with van der Waals surface area (Å²) in [5, 5.41) is 24.6. The number of ketones is 1. The van der Waals surface area contributed by atoms with Crippen LogP contribution in [0.2, 0.25) is 0 Å². The van der Waals surface area contributed by atoms with Crippen LogP contribution in [-0.2, 0) is 35.0 Å². The Kier molecular flexibility index (Phi) is 12.1. The topological polar surface area (TPSA) is 110 Å².